The lowest BCUT2D eigenvalue weighted by Gasteiger charge is -2.28. The summed E-state index contributed by atoms with van der Waals surface area (Å²) in [5.74, 6) is 0. The number of anilines is 3. The average Bonchev–Trinajstić information content (AvgIpc) is 3.68. The molecule has 0 N–H and O–H groups in total. The first-order valence-electron chi connectivity index (χ1n) is 21.5. The molecule has 0 saturated heterocycles. The highest BCUT2D eigenvalue weighted by Gasteiger charge is 2.38. The molecule has 0 fully saturated rings. The van der Waals surface area contributed by atoms with E-state index in [9.17, 15) is 0 Å². The Hall–Kier alpha value is -5.95. The quantitative estimate of drug-likeness (QED) is 0.146. The third kappa shape index (κ3) is 6.19. The summed E-state index contributed by atoms with van der Waals surface area (Å²) in [5.41, 5.74) is 16.1. The molecule has 10 rings (SSSR count). The molecule has 8 aromatic carbocycles. The Morgan fingerprint density at radius 3 is 1.55 bits per heavy atom. The maximum Gasteiger partial charge on any atom is 0.0776 e. The largest absolute Gasteiger partial charge is 0.310 e. The van der Waals surface area contributed by atoms with E-state index in [1.807, 2.05) is 0 Å². The molecule has 0 aliphatic heterocycles. The van der Waals surface area contributed by atoms with Crippen molar-refractivity contribution in [2.24, 2.45) is 0 Å². The highest BCUT2D eigenvalue weighted by molar-refractivity contribution is 6.89. The molecule has 296 valence electrons. The summed E-state index contributed by atoms with van der Waals surface area (Å²) in [6.07, 6.45) is 0. The van der Waals surface area contributed by atoms with Gasteiger partial charge < -0.3 is 9.47 Å². The second-order valence-corrected chi connectivity index (χ2v) is 29.8. The van der Waals surface area contributed by atoms with Crippen LogP contribution >= 0.6 is 0 Å². The Bertz CT molecular complexity index is 3050. The van der Waals surface area contributed by atoms with Crippen molar-refractivity contribution in [1.82, 2.24) is 4.57 Å². The van der Waals surface area contributed by atoms with Crippen LogP contribution in [0.25, 0.3) is 60.5 Å². The fourth-order valence-electron chi connectivity index (χ4n) is 9.67. The first-order chi connectivity index (χ1) is 28.7. The number of aryl methyl sites for hydroxylation is 1. The molecule has 0 amide bonds. The normalized spacial score (nSPS) is 13.6. The second-order valence-electron chi connectivity index (χ2n) is 19.6. The van der Waals surface area contributed by atoms with E-state index in [-0.39, 0.29) is 5.41 Å². The van der Waals surface area contributed by atoms with Crippen molar-refractivity contribution in [3.05, 3.63) is 180 Å². The SMILES string of the molecule is Cc1ccc(N(c2ccc(-c3ccccc3)cc2)c2ccc3c(c2)C(C)(C)c2cc(-n4c5ccc([Si](C)(C)C)cc5c5cc([Si](C)(C)C)ccc54)c4ccccc4c2-3)cc1. The number of rotatable bonds is 7. The van der Waals surface area contributed by atoms with Crippen molar-refractivity contribution in [1.29, 1.82) is 0 Å². The summed E-state index contributed by atoms with van der Waals surface area (Å²) in [6, 6.07) is 62.2. The Labute approximate surface area is 357 Å². The van der Waals surface area contributed by atoms with E-state index in [2.05, 4.69) is 233 Å². The van der Waals surface area contributed by atoms with Crippen LogP contribution in [0.5, 0.6) is 0 Å². The third-order valence-corrected chi connectivity index (χ3v) is 17.2. The summed E-state index contributed by atoms with van der Waals surface area (Å²) in [7, 11) is -3.10. The van der Waals surface area contributed by atoms with Crippen LogP contribution in [-0.2, 0) is 5.41 Å². The zero-order chi connectivity index (χ0) is 41.7. The number of fused-ring (bicyclic) bond motifs is 8. The van der Waals surface area contributed by atoms with Gasteiger partial charge in [0.05, 0.1) is 32.9 Å². The summed E-state index contributed by atoms with van der Waals surface area (Å²) in [4.78, 5) is 2.42. The second kappa shape index (κ2) is 13.8. The van der Waals surface area contributed by atoms with Crippen LogP contribution in [0.4, 0.5) is 17.1 Å². The summed E-state index contributed by atoms with van der Waals surface area (Å²) in [6.45, 7) is 21.8. The fourth-order valence-corrected chi connectivity index (χ4v) is 12.0. The molecule has 9 aromatic rings. The number of hydrogen-bond donors (Lipinski definition) is 0. The van der Waals surface area contributed by atoms with Crippen LogP contribution < -0.4 is 15.3 Å². The number of benzene rings is 8. The molecule has 2 nitrogen and oxygen atoms in total. The Balaban J connectivity index is 1.17. The first kappa shape index (κ1) is 38.3. The lowest BCUT2D eigenvalue weighted by atomic mass is 9.81. The molecular weight excluding hydrogens is 757 g/mol. The Morgan fingerprint density at radius 2 is 0.967 bits per heavy atom. The smallest absolute Gasteiger partial charge is 0.0776 e. The molecule has 0 spiro atoms. The van der Waals surface area contributed by atoms with Gasteiger partial charge >= 0.3 is 0 Å². The first-order valence-corrected chi connectivity index (χ1v) is 28.5. The molecule has 1 aromatic heterocycles. The van der Waals surface area contributed by atoms with E-state index in [0.717, 1.165) is 17.1 Å². The van der Waals surface area contributed by atoms with Gasteiger partial charge in [-0.25, -0.2) is 0 Å². The zero-order valence-electron chi connectivity index (χ0n) is 36.5. The van der Waals surface area contributed by atoms with E-state index in [0.29, 0.717) is 0 Å². The molecule has 1 aliphatic carbocycles. The van der Waals surface area contributed by atoms with Gasteiger partial charge in [-0.3, -0.25) is 0 Å². The molecule has 0 radical (unpaired) electrons. The molecule has 0 unspecified atom stereocenters. The number of aromatic nitrogens is 1. The lowest BCUT2D eigenvalue weighted by molar-refractivity contribution is 0.660. The van der Waals surface area contributed by atoms with Gasteiger partial charge in [-0.15, -0.1) is 0 Å². The van der Waals surface area contributed by atoms with Crippen LogP contribution in [0.15, 0.2) is 164 Å². The van der Waals surface area contributed by atoms with Gasteiger partial charge in [0.25, 0.3) is 0 Å². The predicted molar refractivity (Wildman–Crippen MR) is 267 cm³/mol. The molecular formula is C56H54N2Si2. The highest BCUT2D eigenvalue weighted by atomic mass is 28.3. The monoisotopic (exact) mass is 810 g/mol. The molecule has 60 heavy (non-hydrogen) atoms. The van der Waals surface area contributed by atoms with Gasteiger partial charge in [0.15, 0.2) is 0 Å². The van der Waals surface area contributed by atoms with E-state index >= 15 is 0 Å². The molecule has 0 bridgehead atoms. The van der Waals surface area contributed by atoms with Gasteiger partial charge in [-0.05, 0) is 100 Å². The molecule has 4 heteroatoms. The number of nitrogens with zero attached hydrogens (tertiary/aromatic N) is 2. The topological polar surface area (TPSA) is 8.17 Å². The van der Waals surface area contributed by atoms with Crippen molar-refractivity contribution in [2.75, 3.05) is 4.90 Å². The van der Waals surface area contributed by atoms with E-state index in [1.165, 1.54) is 87.6 Å². The van der Waals surface area contributed by atoms with Crippen LogP contribution in [0.1, 0.15) is 30.5 Å². The maximum atomic E-state index is 2.58. The van der Waals surface area contributed by atoms with Crippen molar-refractivity contribution >= 4 is 76.2 Å². The van der Waals surface area contributed by atoms with Crippen molar-refractivity contribution < 1.29 is 0 Å². The number of hydrogen-bond acceptors (Lipinski definition) is 1. The van der Waals surface area contributed by atoms with Gasteiger partial charge in [0, 0.05) is 38.6 Å². The van der Waals surface area contributed by atoms with Crippen molar-refractivity contribution in [2.45, 2.75) is 65.5 Å². The zero-order valence-corrected chi connectivity index (χ0v) is 38.5. The minimum absolute atomic E-state index is 0.246. The predicted octanol–water partition coefficient (Wildman–Crippen LogP) is 14.8. The van der Waals surface area contributed by atoms with Crippen molar-refractivity contribution in [3.63, 3.8) is 0 Å². The molecule has 0 saturated carbocycles. The van der Waals surface area contributed by atoms with Crippen LogP contribution in [-0.4, -0.2) is 20.7 Å². The van der Waals surface area contributed by atoms with Crippen LogP contribution in [0.3, 0.4) is 0 Å². The van der Waals surface area contributed by atoms with Crippen LogP contribution in [0, 0.1) is 6.92 Å². The molecule has 1 heterocycles. The van der Waals surface area contributed by atoms with Crippen molar-refractivity contribution in [3.8, 4) is 27.9 Å². The standard InChI is InChI=1S/C56H54N2Si2/c1-37-19-23-40(24-20-37)57(41-25-21-39(22-26-41)38-15-11-10-12-16-38)42-27-30-47-50(33-42)56(2,3)51-36-54(45-17-13-14-18-46(45)55(47)51)58-52-31-28-43(59(4,5)6)34-48(52)49-35-44(60(7,8)9)29-32-53(49)58/h10-36H,1-9H3. The van der Waals surface area contributed by atoms with Gasteiger partial charge in [-0.1, -0.05) is 178 Å². The van der Waals surface area contributed by atoms with Gasteiger partial charge in [0.1, 0.15) is 0 Å². The average molecular weight is 811 g/mol. The highest BCUT2D eigenvalue weighted by Crippen LogP contribution is 2.54. The van der Waals surface area contributed by atoms with Gasteiger partial charge in [-0.2, -0.15) is 0 Å². The lowest BCUT2D eigenvalue weighted by Crippen LogP contribution is -2.37. The van der Waals surface area contributed by atoms with Crippen LogP contribution in [0.2, 0.25) is 39.3 Å². The summed E-state index contributed by atoms with van der Waals surface area (Å²) < 4.78 is 2.58. The van der Waals surface area contributed by atoms with Gasteiger partial charge in [0.2, 0.25) is 0 Å². The Morgan fingerprint density at radius 1 is 0.450 bits per heavy atom. The minimum Gasteiger partial charge on any atom is -0.310 e. The summed E-state index contributed by atoms with van der Waals surface area (Å²) >= 11 is 0. The molecule has 0 atom stereocenters. The van der Waals surface area contributed by atoms with E-state index < -0.39 is 16.1 Å². The fraction of sp³-hybridized carbons (Fsp3) is 0.179. The third-order valence-electron chi connectivity index (χ3n) is 13.2. The summed E-state index contributed by atoms with van der Waals surface area (Å²) in [5, 5.41) is 8.34. The van der Waals surface area contributed by atoms with E-state index in [1.54, 1.807) is 0 Å². The minimum atomic E-state index is -1.55. The Kier molecular flexibility index (Phi) is 8.80. The van der Waals surface area contributed by atoms with E-state index in [4.69, 9.17) is 0 Å². The molecule has 1 aliphatic rings. The maximum absolute atomic E-state index is 2.58.